The number of ketones is 2. The number of hydrogen-bond acceptors (Lipinski definition) is 4. The molecule has 6 unspecified atom stereocenters. The van der Waals surface area contributed by atoms with Crippen LogP contribution in [0.4, 0.5) is 4.39 Å². The lowest BCUT2D eigenvalue weighted by Crippen LogP contribution is -2.67. The van der Waals surface area contributed by atoms with Gasteiger partial charge >= 0.3 is 0 Å². The van der Waals surface area contributed by atoms with E-state index in [1.165, 1.54) is 12.2 Å². The van der Waals surface area contributed by atoms with Crippen molar-refractivity contribution in [1.29, 1.82) is 0 Å². The van der Waals surface area contributed by atoms with E-state index in [9.17, 15) is 19.8 Å². The highest BCUT2D eigenvalue weighted by Crippen LogP contribution is 2.69. The molecule has 4 aliphatic carbocycles. The number of aliphatic hydroxyl groups is 2. The molecule has 0 radical (unpaired) electrons. The normalized spacial score (nSPS) is 51.3. The Hall–Kier alpha value is -1.04. The van der Waals surface area contributed by atoms with Crippen LogP contribution in [-0.4, -0.2) is 45.5 Å². The van der Waals surface area contributed by atoms with Crippen molar-refractivity contribution in [3.63, 3.8) is 0 Å². The van der Waals surface area contributed by atoms with E-state index in [-0.39, 0.29) is 35.7 Å². The summed E-state index contributed by atoms with van der Waals surface area (Å²) in [6.45, 7) is 3.27. The van der Waals surface area contributed by atoms with E-state index in [1.54, 1.807) is 6.08 Å². The molecule has 0 aliphatic heterocycles. The van der Waals surface area contributed by atoms with Gasteiger partial charge in [-0.2, -0.15) is 0 Å². The molecule has 0 spiro atoms. The number of Topliss-reactive ketones (excluding diaryl/α,β-unsaturated/α-hetero) is 1. The molecule has 27 heavy (non-hydrogen) atoms. The number of halogens is 2. The van der Waals surface area contributed by atoms with Gasteiger partial charge in [0, 0.05) is 11.3 Å². The highest BCUT2D eigenvalue weighted by atomic mass is 35.5. The van der Waals surface area contributed by atoms with Crippen molar-refractivity contribution in [1.82, 2.24) is 0 Å². The van der Waals surface area contributed by atoms with Crippen LogP contribution in [-0.2, 0) is 9.59 Å². The summed E-state index contributed by atoms with van der Waals surface area (Å²) in [5.41, 5.74) is -1.11. The van der Waals surface area contributed by atoms with E-state index in [0.717, 1.165) is 6.42 Å². The average molecular weight is 397 g/mol. The van der Waals surface area contributed by atoms with Gasteiger partial charge in [-0.15, -0.1) is 11.6 Å². The van der Waals surface area contributed by atoms with Crippen LogP contribution in [0.15, 0.2) is 23.8 Å². The molecule has 0 aromatic heterocycles. The topological polar surface area (TPSA) is 74.6 Å². The fourth-order valence-corrected chi connectivity index (χ4v) is 7.33. The number of rotatable bonds is 2. The Morgan fingerprint density at radius 1 is 1.33 bits per heavy atom. The standard InChI is InChI=1S/C21H26ClFO4/c1-19-9-18(27)21(22)14(12(19)3-4-13(19)17(26)10-24)8-16(23)15-7-11(25)5-6-20(15,21)2/h5-7,12-14,16,18,24,27H,3-4,8-10H2,1-2H3/t12?,13?,14?,16-,18?,19?,20?,21-/m0/s1. The van der Waals surface area contributed by atoms with Crippen LogP contribution in [0.3, 0.4) is 0 Å². The second-order valence-corrected chi connectivity index (χ2v) is 9.83. The second kappa shape index (κ2) is 5.98. The van der Waals surface area contributed by atoms with Gasteiger partial charge in [-0.05, 0) is 60.7 Å². The molecule has 148 valence electrons. The first-order valence-corrected chi connectivity index (χ1v) is 10.1. The Balaban J connectivity index is 1.81. The molecular weight excluding hydrogens is 371 g/mol. The largest absolute Gasteiger partial charge is 0.391 e. The van der Waals surface area contributed by atoms with Crippen LogP contribution in [0.5, 0.6) is 0 Å². The lowest BCUT2D eigenvalue weighted by Gasteiger charge is -2.63. The van der Waals surface area contributed by atoms with Gasteiger partial charge in [0.05, 0.1) is 11.0 Å². The van der Waals surface area contributed by atoms with Crippen molar-refractivity contribution in [3.8, 4) is 0 Å². The molecule has 6 heteroatoms. The molecule has 2 N–H and O–H groups in total. The minimum absolute atomic E-state index is 0.0125. The van der Waals surface area contributed by atoms with Crippen LogP contribution in [0.1, 0.15) is 39.5 Å². The maximum absolute atomic E-state index is 15.2. The lowest BCUT2D eigenvalue weighted by atomic mass is 9.46. The smallest absolute Gasteiger partial charge is 0.178 e. The molecule has 0 aromatic carbocycles. The zero-order valence-corrected chi connectivity index (χ0v) is 16.4. The van der Waals surface area contributed by atoms with Gasteiger partial charge in [0.1, 0.15) is 12.8 Å². The fourth-order valence-electron chi connectivity index (χ4n) is 6.84. The first-order chi connectivity index (χ1) is 12.6. The monoisotopic (exact) mass is 396 g/mol. The van der Waals surface area contributed by atoms with Crippen molar-refractivity contribution in [2.24, 2.45) is 28.6 Å². The Bertz CT molecular complexity index is 763. The number of aliphatic hydroxyl groups excluding tert-OH is 2. The van der Waals surface area contributed by atoms with Crippen molar-refractivity contribution in [2.45, 2.75) is 56.7 Å². The van der Waals surface area contributed by atoms with Gasteiger partial charge in [0.15, 0.2) is 11.6 Å². The summed E-state index contributed by atoms with van der Waals surface area (Å²) in [6, 6.07) is 0. The van der Waals surface area contributed by atoms with Crippen LogP contribution >= 0.6 is 11.6 Å². The Morgan fingerprint density at radius 3 is 2.70 bits per heavy atom. The predicted octanol–water partition coefficient (Wildman–Crippen LogP) is 2.75. The molecule has 3 saturated carbocycles. The average Bonchev–Trinajstić information content (AvgIpc) is 2.95. The van der Waals surface area contributed by atoms with E-state index < -0.39 is 34.6 Å². The molecule has 0 bridgehead atoms. The fraction of sp³-hybridized carbons (Fsp3) is 0.714. The predicted molar refractivity (Wildman–Crippen MR) is 99.0 cm³/mol. The van der Waals surface area contributed by atoms with Gasteiger partial charge in [0.2, 0.25) is 0 Å². The van der Waals surface area contributed by atoms with Crippen LogP contribution in [0, 0.1) is 28.6 Å². The van der Waals surface area contributed by atoms with Crippen LogP contribution < -0.4 is 0 Å². The van der Waals surface area contributed by atoms with Gasteiger partial charge in [-0.1, -0.05) is 19.9 Å². The number of allylic oxidation sites excluding steroid dienone is 4. The first kappa shape index (κ1) is 19.3. The Labute approximate surface area is 163 Å². The quantitative estimate of drug-likeness (QED) is 0.704. The molecule has 0 amide bonds. The third-order valence-electron chi connectivity index (χ3n) is 8.17. The third kappa shape index (κ3) is 2.28. The van der Waals surface area contributed by atoms with E-state index in [1.807, 2.05) is 13.8 Å². The maximum Gasteiger partial charge on any atom is 0.178 e. The molecular formula is C21H26ClFO4. The maximum atomic E-state index is 15.2. The molecule has 4 nitrogen and oxygen atoms in total. The van der Waals surface area contributed by atoms with Crippen LogP contribution in [0.2, 0.25) is 0 Å². The Morgan fingerprint density at radius 2 is 2.04 bits per heavy atom. The Kier molecular flexibility index (Phi) is 4.27. The SMILES string of the molecule is CC12CC(O)[C@@]3(Cl)C(C[C@H](F)C4=CC(=O)C=CC43C)C1CCC2C(=O)CO. The minimum Gasteiger partial charge on any atom is -0.391 e. The molecule has 3 fully saturated rings. The van der Waals surface area contributed by atoms with Gasteiger partial charge < -0.3 is 10.2 Å². The summed E-state index contributed by atoms with van der Waals surface area (Å²) in [5, 5.41) is 20.6. The third-order valence-corrected chi connectivity index (χ3v) is 9.09. The van der Waals surface area contributed by atoms with Crippen molar-refractivity contribution >= 4 is 23.2 Å². The second-order valence-electron chi connectivity index (χ2n) is 9.20. The highest BCUT2D eigenvalue weighted by Gasteiger charge is 2.70. The lowest BCUT2D eigenvalue weighted by molar-refractivity contribution is -0.139. The number of carbonyl (C=O) groups is 2. The number of alkyl halides is 2. The molecule has 8 atom stereocenters. The molecule has 0 aromatic rings. The van der Waals surface area contributed by atoms with Crippen LogP contribution in [0.25, 0.3) is 0 Å². The molecule has 0 saturated heterocycles. The zero-order valence-electron chi connectivity index (χ0n) is 15.6. The zero-order chi connectivity index (χ0) is 19.8. The first-order valence-electron chi connectivity index (χ1n) is 9.69. The van der Waals surface area contributed by atoms with E-state index in [4.69, 9.17) is 11.6 Å². The highest BCUT2D eigenvalue weighted by molar-refractivity contribution is 6.26. The number of hydrogen-bond donors (Lipinski definition) is 2. The summed E-state index contributed by atoms with van der Waals surface area (Å²) >= 11 is 7.19. The minimum atomic E-state index is -1.30. The van der Waals surface area contributed by atoms with Crippen molar-refractivity contribution in [2.75, 3.05) is 6.61 Å². The van der Waals surface area contributed by atoms with Crippen molar-refractivity contribution < 1.29 is 24.2 Å². The molecule has 4 aliphatic rings. The van der Waals surface area contributed by atoms with E-state index in [2.05, 4.69) is 0 Å². The summed E-state index contributed by atoms with van der Waals surface area (Å²) in [4.78, 5) is 23.0. The number of fused-ring (bicyclic) bond motifs is 5. The van der Waals surface area contributed by atoms with E-state index in [0.29, 0.717) is 18.4 Å². The summed E-state index contributed by atoms with van der Waals surface area (Å²) < 4.78 is 15.2. The molecule has 4 rings (SSSR count). The van der Waals surface area contributed by atoms with Gasteiger partial charge in [-0.3, -0.25) is 9.59 Å². The van der Waals surface area contributed by atoms with Gasteiger partial charge in [0.25, 0.3) is 0 Å². The molecule has 0 heterocycles. The number of carbonyl (C=O) groups excluding carboxylic acids is 2. The summed E-state index contributed by atoms with van der Waals surface area (Å²) in [5.74, 6) is -1.14. The van der Waals surface area contributed by atoms with E-state index >= 15 is 4.39 Å². The van der Waals surface area contributed by atoms with Crippen molar-refractivity contribution in [3.05, 3.63) is 23.8 Å². The summed E-state index contributed by atoms with van der Waals surface area (Å²) in [7, 11) is 0. The van der Waals surface area contributed by atoms with Gasteiger partial charge in [-0.25, -0.2) is 4.39 Å². The summed E-state index contributed by atoms with van der Waals surface area (Å²) in [6.07, 6.45) is 3.98.